The topological polar surface area (TPSA) is 35.6 Å². The van der Waals surface area contributed by atoms with E-state index in [4.69, 9.17) is 0 Å². The second kappa shape index (κ2) is 9.56. The molecule has 1 aliphatic rings. The first-order valence-corrected chi connectivity index (χ1v) is 10.1. The number of nitrogens with one attached hydrogen (secondary N) is 1. The Kier molecular flexibility index (Phi) is 6.88. The lowest BCUT2D eigenvalue weighted by Crippen LogP contribution is -2.33. The van der Waals surface area contributed by atoms with Gasteiger partial charge in [0.2, 0.25) is 5.91 Å². The molecule has 0 spiro atoms. The van der Waals surface area contributed by atoms with Crippen LogP contribution in [-0.4, -0.2) is 36.5 Å². The fourth-order valence-electron chi connectivity index (χ4n) is 3.74. The molecule has 144 valence electrons. The first-order valence-electron chi connectivity index (χ1n) is 10.1. The SMILES string of the molecule is CC(C)N(c1ccccc1)c1ccc(NC(=O)CN2CCCCCC2)cc1. The van der Waals surface area contributed by atoms with Gasteiger partial charge in [-0.15, -0.1) is 0 Å². The van der Waals surface area contributed by atoms with E-state index in [1.54, 1.807) is 0 Å². The molecule has 4 heteroatoms. The Labute approximate surface area is 163 Å². The minimum absolute atomic E-state index is 0.0772. The summed E-state index contributed by atoms with van der Waals surface area (Å²) in [5.74, 6) is 0.0772. The molecule has 1 saturated heterocycles. The molecule has 1 aliphatic heterocycles. The average Bonchev–Trinajstić information content (AvgIpc) is 2.92. The highest BCUT2D eigenvalue weighted by molar-refractivity contribution is 5.92. The smallest absolute Gasteiger partial charge is 0.238 e. The van der Waals surface area contributed by atoms with Crippen LogP contribution in [0.5, 0.6) is 0 Å². The normalized spacial score (nSPS) is 15.4. The fourth-order valence-corrected chi connectivity index (χ4v) is 3.74. The van der Waals surface area contributed by atoms with E-state index >= 15 is 0 Å². The van der Waals surface area contributed by atoms with E-state index in [1.165, 1.54) is 31.4 Å². The van der Waals surface area contributed by atoms with E-state index < -0.39 is 0 Å². The molecular weight excluding hydrogens is 334 g/mol. The van der Waals surface area contributed by atoms with Crippen LogP contribution in [0.25, 0.3) is 0 Å². The van der Waals surface area contributed by atoms with Gasteiger partial charge in [-0.2, -0.15) is 0 Å². The number of anilines is 3. The van der Waals surface area contributed by atoms with Crippen LogP contribution in [0.3, 0.4) is 0 Å². The molecule has 0 aromatic heterocycles. The number of hydrogen-bond donors (Lipinski definition) is 1. The molecule has 0 radical (unpaired) electrons. The molecule has 0 saturated carbocycles. The van der Waals surface area contributed by atoms with Crippen LogP contribution in [0.15, 0.2) is 54.6 Å². The van der Waals surface area contributed by atoms with Crippen molar-refractivity contribution in [3.8, 4) is 0 Å². The van der Waals surface area contributed by atoms with Gasteiger partial charge in [-0.05, 0) is 76.2 Å². The minimum Gasteiger partial charge on any atom is -0.339 e. The van der Waals surface area contributed by atoms with Gasteiger partial charge in [0.25, 0.3) is 0 Å². The van der Waals surface area contributed by atoms with Gasteiger partial charge in [-0.1, -0.05) is 31.0 Å². The molecule has 1 N–H and O–H groups in total. The number of carbonyl (C=O) groups is 1. The quantitative estimate of drug-likeness (QED) is 0.778. The van der Waals surface area contributed by atoms with Crippen molar-refractivity contribution in [2.24, 2.45) is 0 Å². The van der Waals surface area contributed by atoms with E-state index in [0.717, 1.165) is 24.5 Å². The van der Waals surface area contributed by atoms with E-state index in [0.29, 0.717) is 12.6 Å². The molecule has 1 amide bonds. The standard InChI is InChI=1S/C23H31N3O/c1-19(2)26(21-10-6-5-7-11-21)22-14-12-20(13-15-22)24-23(27)18-25-16-8-3-4-9-17-25/h5-7,10-15,19H,3-4,8-9,16-18H2,1-2H3,(H,24,27). The predicted octanol–water partition coefficient (Wildman–Crippen LogP) is 5.05. The second-order valence-electron chi connectivity index (χ2n) is 7.58. The summed E-state index contributed by atoms with van der Waals surface area (Å²) in [5, 5.41) is 3.05. The Balaban J connectivity index is 1.63. The molecular formula is C23H31N3O. The molecule has 1 heterocycles. The lowest BCUT2D eigenvalue weighted by molar-refractivity contribution is -0.117. The van der Waals surface area contributed by atoms with Crippen molar-refractivity contribution < 1.29 is 4.79 Å². The number of nitrogens with zero attached hydrogens (tertiary/aromatic N) is 2. The van der Waals surface area contributed by atoms with Gasteiger partial charge < -0.3 is 10.2 Å². The number of rotatable bonds is 6. The second-order valence-corrected chi connectivity index (χ2v) is 7.58. The van der Waals surface area contributed by atoms with Crippen molar-refractivity contribution in [2.75, 3.05) is 29.9 Å². The summed E-state index contributed by atoms with van der Waals surface area (Å²) in [5.41, 5.74) is 3.16. The first-order chi connectivity index (χ1) is 13.1. The van der Waals surface area contributed by atoms with Gasteiger partial charge in [0.15, 0.2) is 0 Å². The molecule has 0 unspecified atom stereocenters. The number of hydrogen-bond acceptors (Lipinski definition) is 3. The number of benzene rings is 2. The molecule has 1 fully saturated rings. The zero-order valence-corrected chi connectivity index (χ0v) is 16.5. The monoisotopic (exact) mass is 365 g/mol. The molecule has 0 atom stereocenters. The Morgan fingerprint density at radius 3 is 2.11 bits per heavy atom. The summed E-state index contributed by atoms with van der Waals surface area (Å²) >= 11 is 0. The van der Waals surface area contributed by atoms with Crippen molar-refractivity contribution >= 4 is 23.0 Å². The van der Waals surface area contributed by atoms with Crippen LogP contribution in [0.2, 0.25) is 0 Å². The number of para-hydroxylation sites is 1. The summed E-state index contributed by atoms with van der Waals surface area (Å²) in [4.78, 5) is 16.9. The lowest BCUT2D eigenvalue weighted by Gasteiger charge is -2.29. The van der Waals surface area contributed by atoms with E-state index in [1.807, 2.05) is 18.2 Å². The van der Waals surface area contributed by atoms with Gasteiger partial charge in [0.1, 0.15) is 0 Å². The van der Waals surface area contributed by atoms with Crippen molar-refractivity contribution in [2.45, 2.75) is 45.6 Å². The van der Waals surface area contributed by atoms with Gasteiger partial charge >= 0.3 is 0 Å². The van der Waals surface area contributed by atoms with Crippen molar-refractivity contribution in [1.29, 1.82) is 0 Å². The van der Waals surface area contributed by atoms with Gasteiger partial charge in [0, 0.05) is 23.1 Å². The number of amides is 1. The maximum atomic E-state index is 12.4. The molecule has 3 rings (SSSR count). The highest BCUT2D eigenvalue weighted by Gasteiger charge is 2.15. The van der Waals surface area contributed by atoms with Crippen LogP contribution in [-0.2, 0) is 4.79 Å². The molecule has 2 aromatic rings. The predicted molar refractivity (Wildman–Crippen MR) is 114 cm³/mol. The van der Waals surface area contributed by atoms with E-state index in [2.05, 4.69) is 65.4 Å². The third-order valence-corrected chi connectivity index (χ3v) is 5.05. The first kappa shape index (κ1) is 19.4. The Morgan fingerprint density at radius 2 is 1.52 bits per heavy atom. The molecule has 4 nitrogen and oxygen atoms in total. The summed E-state index contributed by atoms with van der Waals surface area (Å²) in [6.45, 7) is 6.93. The summed E-state index contributed by atoms with van der Waals surface area (Å²) in [6.07, 6.45) is 4.97. The van der Waals surface area contributed by atoms with Crippen LogP contribution in [0.4, 0.5) is 17.1 Å². The third kappa shape index (κ3) is 5.57. The maximum absolute atomic E-state index is 12.4. The fraction of sp³-hybridized carbons (Fsp3) is 0.435. The Morgan fingerprint density at radius 1 is 0.926 bits per heavy atom. The molecule has 0 bridgehead atoms. The van der Waals surface area contributed by atoms with Crippen LogP contribution in [0.1, 0.15) is 39.5 Å². The summed E-state index contributed by atoms with van der Waals surface area (Å²) in [6, 6.07) is 18.9. The highest BCUT2D eigenvalue weighted by Crippen LogP contribution is 2.28. The summed E-state index contributed by atoms with van der Waals surface area (Å²) in [7, 11) is 0. The van der Waals surface area contributed by atoms with Gasteiger partial charge in [0.05, 0.1) is 6.54 Å². The molecule has 0 aliphatic carbocycles. The Bertz CT molecular complexity index is 704. The van der Waals surface area contributed by atoms with Crippen LogP contribution >= 0.6 is 0 Å². The Hall–Kier alpha value is -2.33. The lowest BCUT2D eigenvalue weighted by atomic mass is 10.2. The zero-order valence-electron chi connectivity index (χ0n) is 16.5. The molecule has 27 heavy (non-hydrogen) atoms. The van der Waals surface area contributed by atoms with Gasteiger partial charge in [-0.3, -0.25) is 9.69 Å². The highest BCUT2D eigenvalue weighted by atomic mass is 16.2. The van der Waals surface area contributed by atoms with E-state index in [9.17, 15) is 4.79 Å². The van der Waals surface area contributed by atoms with Crippen molar-refractivity contribution in [3.63, 3.8) is 0 Å². The minimum atomic E-state index is 0.0772. The van der Waals surface area contributed by atoms with Crippen molar-refractivity contribution in [1.82, 2.24) is 4.90 Å². The van der Waals surface area contributed by atoms with Crippen LogP contribution < -0.4 is 10.2 Å². The van der Waals surface area contributed by atoms with Crippen LogP contribution in [0, 0.1) is 0 Å². The molecule has 2 aromatic carbocycles. The summed E-state index contributed by atoms with van der Waals surface area (Å²) < 4.78 is 0. The zero-order chi connectivity index (χ0) is 19.1. The van der Waals surface area contributed by atoms with Crippen molar-refractivity contribution in [3.05, 3.63) is 54.6 Å². The van der Waals surface area contributed by atoms with Gasteiger partial charge in [-0.25, -0.2) is 0 Å². The number of carbonyl (C=O) groups excluding carboxylic acids is 1. The maximum Gasteiger partial charge on any atom is 0.238 e. The largest absolute Gasteiger partial charge is 0.339 e. The number of likely N-dealkylation sites (tertiary alicyclic amines) is 1. The van der Waals surface area contributed by atoms with E-state index in [-0.39, 0.29) is 5.91 Å². The third-order valence-electron chi connectivity index (χ3n) is 5.05. The average molecular weight is 366 g/mol.